The number of carboxylic acids is 1. The van der Waals surface area contributed by atoms with Gasteiger partial charge in [0, 0.05) is 12.6 Å². The molecule has 2 N–H and O–H groups in total. The van der Waals surface area contributed by atoms with E-state index in [9.17, 15) is 9.59 Å². The van der Waals surface area contributed by atoms with Crippen LogP contribution in [0.5, 0.6) is 0 Å². The minimum atomic E-state index is -0.800. The van der Waals surface area contributed by atoms with Crippen LogP contribution in [0.15, 0.2) is 6.20 Å². The number of H-pyrrole nitrogens is 1. The Morgan fingerprint density at radius 1 is 1.64 bits per heavy atom. The number of hydrogen-bond acceptors (Lipinski definition) is 2. The molecule has 1 rings (SSSR count). The maximum atomic E-state index is 10.6. The van der Waals surface area contributed by atoms with Gasteiger partial charge in [0.05, 0.1) is 5.69 Å². The summed E-state index contributed by atoms with van der Waals surface area (Å²) >= 11 is 0. The van der Waals surface area contributed by atoms with E-state index in [-0.39, 0.29) is 6.42 Å². The maximum Gasteiger partial charge on any atom is 0.303 e. The largest absolute Gasteiger partial charge is 0.481 e. The average molecular weight is 195 g/mol. The molecular weight excluding hydrogens is 182 g/mol. The zero-order chi connectivity index (χ0) is 10.6. The molecule has 0 aliphatic heterocycles. The Bertz CT molecular complexity index is 341. The van der Waals surface area contributed by atoms with Crippen LogP contribution >= 0.6 is 0 Å². The molecule has 0 saturated carbocycles. The van der Waals surface area contributed by atoms with E-state index in [0.717, 1.165) is 17.4 Å². The van der Waals surface area contributed by atoms with Gasteiger partial charge in [-0.2, -0.15) is 0 Å². The van der Waals surface area contributed by atoms with Crippen LogP contribution in [0.25, 0.3) is 0 Å². The topological polar surface area (TPSA) is 70.2 Å². The van der Waals surface area contributed by atoms with Gasteiger partial charge in [-0.25, -0.2) is 0 Å². The lowest BCUT2D eigenvalue weighted by molar-refractivity contribution is -0.137. The summed E-state index contributed by atoms with van der Waals surface area (Å²) in [5.41, 5.74) is 2.51. The summed E-state index contributed by atoms with van der Waals surface area (Å²) in [6, 6.07) is 0. The van der Waals surface area contributed by atoms with E-state index in [1.165, 1.54) is 0 Å². The van der Waals surface area contributed by atoms with Gasteiger partial charge in [-0.05, 0) is 30.9 Å². The number of carbonyl (C=O) groups excluding carboxylic acids is 1. The number of aldehydes is 1. The number of rotatable bonds is 5. The molecule has 14 heavy (non-hydrogen) atoms. The molecule has 1 heterocycles. The van der Waals surface area contributed by atoms with Gasteiger partial charge in [-0.1, -0.05) is 0 Å². The Morgan fingerprint density at radius 2 is 2.36 bits per heavy atom. The van der Waals surface area contributed by atoms with Crippen molar-refractivity contribution in [2.45, 2.75) is 26.2 Å². The smallest absolute Gasteiger partial charge is 0.303 e. The minimum Gasteiger partial charge on any atom is -0.481 e. The van der Waals surface area contributed by atoms with Gasteiger partial charge in [-0.3, -0.25) is 9.59 Å². The van der Waals surface area contributed by atoms with Gasteiger partial charge in [0.1, 0.15) is 0 Å². The summed E-state index contributed by atoms with van der Waals surface area (Å²) in [5, 5.41) is 8.46. The highest BCUT2D eigenvalue weighted by molar-refractivity contribution is 5.75. The molecule has 1 aromatic heterocycles. The van der Waals surface area contributed by atoms with Gasteiger partial charge >= 0.3 is 5.97 Å². The predicted molar refractivity (Wildman–Crippen MR) is 51.5 cm³/mol. The van der Waals surface area contributed by atoms with E-state index in [0.29, 0.717) is 18.5 Å². The van der Waals surface area contributed by atoms with Crippen LogP contribution in [0.2, 0.25) is 0 Å². The summed E-state index contributed by atoms with van der Waals surface area (Å²) in [7, 11) is 0. The van der Waals surface area contributed by atoms with Crippen molar-refractivity contribution in [1.82, 2.24) is 4.98 Å². The molecular formula is C10H13NO3. The fourth-order valence-corrected chi connectivity index (χ4v) is 1.43. The van der Waals surface area contributed by atoms with Crippen molar-refractivity contribution in [3.63, 3.8) is 0 Å². The Labute approximate surface area is 81.9 Å². The Hall–Kier alpha value is -1.58. The molecule has 4 heteroatoms. The van der Waals surface area contributed by atoms with Gasteiger partial charge in [0.15, 0.2) is 6.29 Å². The first kappa shape index (κ1) is 10.5. The minimum absolute atomic E-state index is 0.142. The van der Waals surface area contributed by atoms with Gasteiger partial charge < -0.3 is 10.1 Å². The summed E-state index contributed by atoms with van der Waals surface area (Å²) in [6.45, 7) is 1.90. The van der Waals surface area contributed by atoms with Gasteiger partial charge in [0.25, 0.3) is 0 Å². The maximum absolute atomic E-state index is 10.6. The lowest BCUT2D eigenvalue weighted by Crippen LogP contribution is -1.98. The first-order valence-electron chi connectivity index (χ1n) is 4.49. The molecule has 0 aliphatic carbocycles. The molecule has 0 atom stereocenters. The Balaban J connectivity index is 2.60. The fourth-order valence-electron chi connectivity index (χ4n) is 1.43. The van der Waals surface area contributed by atoms with E-state index in [4.69, 9.17) is 5.11 Å². The normalized spacial score (nSPS) is 10.1. The molecule has 0 unspecified atom stereocenters. The van der Waals surface area contributed by atoms with Crippen LogP contribution in [0.3, 0.4) is 0 Å². The van der Waals surface area contributed by atoms with Crippen LogP contribution in [0.4, 0.5) is 0 Å². The van der Waals surface area contributed by atoms with E-state index in [1.807, 2.05) is 6.92 Å². The molecule has 0 amide bonds. The van der Waals surface area contributed by atoms with E-state index >= 15 is 0 Å². The SMILES string of the molecule is Cc1c[nH]c(C=O)c1CCCC(=O)O. The van der Waals surface area contributed by atoms with Crippen LogP contribution in [-0.2, 0) is 11.2 Å². The second kappa shape index (κ2) is 4.60. The fraction of sp³-hybridized carbons (Fsp3) is 0.400. The number of carboxylic acid groups (broad SMARTS) is 1. The van der Waals surface area contributed by atoms with Gasteiger partial charge in [0.2, 0.25) is 0 Å². The van der Waals surface area contributed by atoms with E-state index in [2.05, 4.69) is 4.98 Å². The third-order valence-corrected chi connectivity index (χ3v) is 2.18. The third-order valence-electron chi connectivity index (χ3n) is 2.18. The number of aromatic nitrogens is 1. The highest BCUT2D eigenvalue weighted by Crippen LogP contribution is 2.14. The highest BCUT2D eigenvalue weighted by Gasteiger charge is 2.07. The number of aliphatic carboxylic acids is 1. The average Bonchev–Trinajstić information content (AvgIpc) is 2.47. The van der Waals surface area contributed by atoms with Crippen molar-refractivity contribution in [2.75, 3.05) is 0 Å². The molecule has 1 aromatic rings. The first-order chi connectivity index (χ1) is 6.65. The quantitative estimate of drug-likeness (QED) is 0.700. The molecule has 0 aliphatic rings. The zero-order valence-corrected chi connectivity index (χ0v) is 8.04. The molecule has 0 fully saturated rings. The monoisotopic (exact) mass is 195 g/mol. The highest BCUT2D eigenvalue weighted by atomic mass is 16.4. The molecule has 4 nitrogen and oxygen atoms in total. The third kappa shape index (κ3) is 2.45. The number of aryl methyl sites for hydroxylation is 1. The van der Waals surface area contributed by atoms with Crippen LogP contribution in [0.1, 0.15) is 34.5 Å². The summed E-state index contributed by atoms with van der Waals surface area (Å²) in [6.07, 6.45) is 3.87. The lowest BCUT2D eigenvalue weighted by atomic mass is 10.1. The van der Waals surface area contributed by atoms with E-state index in [1.54, 1.807) is 6.20 Å². The number of nitrogens with one attached hydrogen (secondary N) is 1. The molecule has 76 valence electrons. The second-order valence-corrected chi connectivity index (χ2v) is 3.23. The van der Waals surface area contributed by atoms with Crippen molar-refractivity contribution in [1.29, 1.82) is 0 Å². The summed E-state index contributed by atoms with van der Waals surface area (Å²) in [5.74, 6) is -0.800. The summed E-state index contributed by atoms with van der Waals surface area (Å²) < 4.78 is 0. The Morgan fingerprint density at radius 3 is 2.93 bits per heavy atom. The number of carbonyl (C=O) groups is 2. The zero-order valence-electron chi connectivity index (χ0n) is 8.04. The van der Waals surface area contributed by atoms with Crippen molar-refractivity contribution >= 4 is 12.3 Å². The lowest BCUT2D eigenvalue weighted by Gasteiger charge is -1.99. The van der Waals surface area contributed by atoms with Crippen molar-refractivity contribution in [3.8, 4) is 0 Å². The number of hydrogen-bond donors (Lipinski definition) is 2. The van der Waals surface area contributed by atoms with Crippen LogP contribution < -0.4 is 0 Å². The van der Waals surface area contributed by atoms with Crippen molar-refractivity contribution in [3.05, 3.63) is 23.0 Å². The standard InChI is InChI=1S/C10H13NO3/c1-7-5-11-9(6-12)8(7)3-2-4-10(13)14/h5-6,11H,2-4H2,1H3,(H,13,14). The molecule has 0 spiro atoms. The van der Waals surface area contributed by atoms with Crippen molar-refractivity contribution in [2.24, 2.45) is 0 Å². The number of aromatic amines is 1. The van der Waals surface area contributed by atoms with E-state index < -0.39 is 5.97 Å². The molecule has 0 bridgehead atoms. The molecule has 0 radical (unpaired) electrons. The second-order valence-electron chi connectivity index (χ2n) is 3.23. The summed E-state index contributed by atoms with van der Waals surface area (Å²) in [4.78, 5) is 23.7. The molecule has 0 aromatic carbocycles. The van der Waals surface area contributed by atoms with Crippen LogP contribution in [-0.4, -0.2) is 22.3 Å². The van der Waals surface area contributed by atoms with Crippen LogP contribution in [0, 0.1) is 6.92 Å². The first-order valence-corrected chi connectivity index (χ1v) is 4.49. The van der Waals surface area contributed by atoms with Crippen molar-refractivity contribution < 1.29 is 14.7 Å². The van der Waals surface area contributed by atoms with Gasteiger partial charge in [-0.15, -0.1) is 0 Å². The molecule has 0 saturated heterocycles. The Kier molecular flexibility index (Phi) is 3.45. The predicted octanol–water partition coefficient (Wildman–Crippen LogP) is 1.54.